The molecular weight excluding hydrogens is 308 g/mol. The van der Waals surface area contributed by atoms with E-state index in [1.54, 1.807) is 29.2 Å². The molecule has 0 atom stereocenters. The maximum Gasteiger partial charge on any atom is 0.415 e. The molecule has 2 fully saturated rings. The molecule has 2 heterocycles. The Kier molecular flexibility index (Phi) is 4.93. The minimum absolute atomic E-state index is 0. The van der Waals surface area contributed by atoms with Crippen LogP contribution in [0.15, 0.2) is 24.3 Å². The number of carbonyl (C=O) groups is 2. The van der Waals surface area contributed by atoms with E-state index in [1.807, 2.05) is 0 Å². The van der Waals surface area contributed by atoms with E-state index >= 15 is 0 Å². The SMILES string of the molecule is COC(=O)c1ccc(N2CC3(CCNCC3)OC2=O)cc1.Cl. The molecule has 2 saturated heterocycles. The fraction of sp³-hybridized carbons (Fsp3) is 0.467. The Morgan fingerprint density at radius 2 is 1.91 bits per heavy atom. The molecule has 0 unspecified atom stereocenters. The second-order valence-corrected chi connectivity index (χ2v) is 5.43. The number of hydrogen-bond acceptors (Lipinski definition) is 5. The molecule has 2 aliphatic rings. The van der Waals surface area contributed by atoms with E-state index in [1.165, 1.54) is 7.11 Å². The van der Waals surface area contributed by atoms with E-state index in [0.717, 1.165) is 31.6 Å². The quantitative estimate of drug-likeness (QED) is 0.842. The van der Waals surface area contributed by atoms with Crippen molar-refractivity contribution in [2.75, 3.05) is 31.6 Å². The van der Waals surface area contributed by atoms with E-state index in [4.69, 9.17) is 4.74 Å². The summed E-state index contributed by atoms with van der Waals surface area (Å²) >= 11 is 0. The van der Waals surface area contributed by atoms with Crippen molar-refractivity contribution < 1.29 is 19.1 Å². The van der Waals surface area contributed by atoms with E-state index < -0.39 is 0 Å². The van der Waals surface area contributed by atoms with Crippen molar-refractivity contribution in [2.45, 2.75) is 18.4 Å². The average molecular weight is 327 g/mol. The Hall–Kier alpha value is -1.79. The van der Waals surface area contributed by atoms with E-state index in [9.17, 15) is 9.59 Å². The zero-order valence-electron chi connectivity index (χ0n) is 12.3. The van der Waals surface area contributed by atoms with Crippen molar-refractivity contribution in [2.24, 2.45) is 0 Å². The Morgan fingerprint density at radius 3 is 2.50 bits per heavy atom. The summed E-state index contributed by atoms with van der Waals surface area (Å²) < 4.78 is 10.3. The number of carbonyl (C=O) groups excluding carboxylic acids is 2. The summed E-state index contributed by atoms with van der Waals surface area (Å²) in [6, 6.07) is 6.80. The number of methoxy groups -OCH3 is 1. The molecule has 6 nitrogen and oxygen atoms in total. The molecule has 2 aliphatic heterocycles. The number of hydrogen-bond donors (Lipinski definition) is 1. The molecule has 120 valence electrons. The lowest BCUT2D eigenvalue weighted by Gasteiger charge is -2.31. The molecule has 0 radical (unpaired) electrons. The fourth-order valence-corrected chi connectivity index (χ4v) is 2.86. The number of ether oxygens (including phenoxy) is 2. The Bertz CT molecular complexity index is 555. The Labute approximate surface area is 135 Å². The summed E-state index contributed by atoms with van der Waals surface area (Å²) in [5, 5.41) is 3.27. The molecule has 1 aromatic rings. The lowest BCUT2D eigenvalue weighted by Crippen LogP contribution is -2.44. The highest BCUT2D eigenvalue weighted by Crippen LogP contribution is 2.34. The van der Waals surface area contributed by atoms with Crippen LogP contribution in [0, 0.1) is 0 Å². The Morgan fingerprint density at radius 1 is 1.27 bits per heavy atom. The number of benzene rings is 1. The monoisotopic (exact) mass is 326 g/mol. The van der Waals surface area contributed by atoms with Crippen LogP contribution in [-0.2, 0) is 9.47 Å². The third kappa shape index (κ3) is 3.03. The van der Waals surface area contributed by atoms with Crippen molar-refractivity contribution in [1.29, 1.82) is 0 Å². The van der Waals surface area contributed by atoms with Crippen LogP contribution >= 0.6 is 12.4 Å². The summed E-state index contributed by atoms with van der Waals surface area (Å²) in [6.07, 6.45) is 1.34. The molecule has 1 spiro atoms. The zero-order valence-corrected chi connectivity index (χ0v) is 13.1. The van der Waals surface area contributed by atoms with Gasteiger partial charge in [-0.25, -0.2) is 9.59 Å². The Balaban J connectivity index is 0.00000176. The zero-order chi connectivity index (χ0) is 14.9. The molecule has 22 heavy (non-hydrogen) atoms. The van der Waals surface area contributed by atoms with Crippen molar-refractivity contribution in [3.05, 3.63) is 29.8 Å². The molecule has 1 N–H and O–H groups in total. The number of esters is 1. The first-order valence-electron chi connectivity index (χ1n) is 7.03. The fourth-order valence-electron chi connectivity index (χ4n) is 2.86. The highest BCUT2D eigenvalue weighted by molar-refractivity contribution is 5.93. The first kappa shape index (κ1) is 16.6. The van der Waals surface area contributed by atoms with Gasteiger partial charge in [-0.2, -0.15) is 0 Å². The molecular formula is C15H19ClN2O4. The van der Waals surface area contributed by atoms with Gasteiger partial charge in [0, 0.05) is 18.5 Å². The smallest absolute Gasteiger partial charge is 0.415 e. The van der Waals surface area contributed by atoms with Gasteiger partial charge >= 0.3 is 12.1 Å². The lowest BCUT2D eigenvalue weighted by atomic mass is 9.92. The van der Waals surface area contributed by atoms with Gasteiger partial charge in [0.25, 0.3) is 0 Å². The number of anilines is 1. The van der Waals surface area contributed by atoms with Gasteiger partial charge in [-0.05, 0) is 37.4 Å². The first-order valence-corrected chi connectivity index (χ1v) is 7.03. The molecule has 7 heteroatoms. The highest BCUT2D eigenvalue weighted by Gasteiger charge is 2.46. The van der Waals surface area contributed by atoms with Crippen LogP contribution in [0.1, 0.15) is 23.2 Å². The van der Waals surface area contributed by atoms with Gasteiger partial charge < -0.3 is 14.8 Å². The largest absolute Gasteiger partial charge is 0.465 e. The number of rotatable bonds is 2. The minimum Gasteiger partial charge on any atom is -0.465 e. The maximum absolute atomic E-state index is 12.1. The van der Waals surface area contributed by atoms with Crippen LogP contribution in [0.25, 0.3) is 0 Å². The summed E-state index contributed by atoms with van der Waals surface area (Å²) in [5.41, 5.74) is 0.831. The predicted molar refractivity (Wildman–Crippen MR) is 83.7 cm³/mol. The highest BCUT2D eigenvalue weighted by atomic mass is 35.5. The third-order valence-electron chi connectivity index (χ3n) is 4.09. The van der Waals surface area contributed by atoms with Gasteiger partial charge in [0.1, 0.15) is 5.60 Å². The molecule has 0 bridgehead atoms. The van der Waals surface area contributed by atoms with Crippen LogP contribution in [0.2, 0.25) is 0 Å². The summed E-state index contributed by atoms with van der Waals surface area (Å²) in [7, 11) is 1.34. The van der Waals surface area contributed by atoms with Crippen molar-refractivity contribution in [1.82, 2.24) is 5.32 Å². The second-order valence-electron chi connectivity index (χ2n) is 5.43. The number of halogens is 1. The van der Waals surface area contributed by atoms with Crippen LogP contribution < -0.4 is 10.2 Å². The van der Waals surface area contributed by atoms with Crippen LogP contribution in [0.3, 0.4) is 0 Å². The minimum atomic E-state index is -0.389. The standard InChI is InChI=1S/C15H18N2O4.ClH/c1-20-13(18)11-2-4-12(5-3-11)17-10-15(21-14(17)19)6-8-16-9-7-15;/h2-5,16H,6-10H2,1H3;1H. The molecule has 3 rings (SSSR count). The van der Waals surface area contributed by atoms with Gasteiger partial charge in [0.15, 0.2) is 0 Å². The van der Waals surface area contributed by atoms with Gasteiger partial charge in [-0.1, -0.05) is 0 Å². The summed E-state index contributed by atoms with van der Waals surface area (Å²) in [4.78, 5) is 25.2. The van der Waals surface area contributed by atoms with Gasteiger partial charge in [-0.3, -0.25) is 4.90 Å². The van der Waals surface area contributed by atoms with E-state index in [-0.39, 0.29) is 30.1 Å². The predicted octanol–water partition coefficient (Wildman–Crippen LogP) is 1.97. The van der Waals surface area contributed by atoms with Gasteiger partial charge in [0.05, 0.1) is 19.2 Å². The van der Waals surface area contributed by atoms with Crippen molar-refractivity contribution in [3.8, 4) is 0 Å². The number of nitrogens with zero attached hydrogens (tertiary/aromatic N) is 1. The third-order valence-corrected chi connectivity index (χ3v) is 4.09. The maximum atomic E-state index is 12.1. The van der Waals surface area contributed by atoms with Gasteiger partial charge in [0.2, 0.25) is 0 Å². The number of piperidine rings is 1. The molecule has 0 saturated carbocycles. The van der Waals surface area contributed by atoms with Crippen LogP contribution in [0.4, 0.5) is 10.5 Å². The van der Waals surface area contributed by atoms with Crippen molar-refractivity contribution in [3.63, 3.8) is 0 Å². The molecule has 1 amide bonds. The second kappa shape index (κ2) is 6.54. The van der Waals surface area contributed by atoms with Crippen LogP contribution in [0.5, 0.6) is 0 Å². The summed E-state index contributed by atoms with van der Waals surface area (Å²) in [6.45, 7) is 2.29. The van der Waals surface area contributed by atoms with Gasteiger partial charge in [-0.15, -0.1) is 12.4 Å². The van der Waals surface area contributed by atoms with E-state index in [2.05, 4.69) is 10.1 Å². The van der Waals surface area contributed by atoms with Crippen molar-refractivity contribution >= 4 is 30.2 Å². The summed E-state index contributed by atoms with van der Waals surface area (Å²) in [5.74, 6) is -0.389. The lowest BCUT2D eigenvalue weighted by molar-refractivity contribution is 0.0316. The van der Waals surface area contributed by atoms with Crippen LogP contribution in [-0.4, -0.2) is 44.4 Å². The average Bonchev–Trinajstić information content (AvgIpc) is 2.83. The van der Waals surface area contributed by atoms with E-state index in [0.29, 0.717) is 12.1 Å². The topological polar surface area (TPSA) is 67.9 Å². The molecule has 1 aromatic carbocycles. The first-order chi connectivity index (χ1) is 10.1. The molecule has 0 aromatic heterocycles. The number of amides is 1. The number of nitrogens with one attached hydrogen (secondary N) is 1. The normalized spacial score (nSPS) is 19.5. The molecule has 0 aliphatic carbocycles.